The summed E-state index contributed by atoms with van der Waals surface area (Å²) in [4.78, 5) is 22.1. The molecule has 1 heterocycles. The fraction of sp³-hybridized carbons (Fsp3) is 0. The van der Waals surface area contributed by atoms with E-state index in [2.05, 4.69) is 4.18 Å². The van der Waals surface area contributed by atoms with Crippen molar-refractivity contribution in [1.29, 1.82) is 0 Å². The third kappa shape index (κ3) is 3.62. The summed E-state index contributed by atoms with van der Waals surface area (Å²) in [7, 11) is -4.28. The monoisotopic (exact) mass is 373 g/mol. The molecule has 9 heteroatoms. The van der Waals surface area contributed by atoms with Gasteiger partial charge in [0.1, 0.15) is 10.7 Å². The largest absolute Gasteiger partial charge is 0.449 e. The van der Waals surface area contributed by atoms with Crippen molar-refractivity contribution in [3.05, 3.63) is 82.6 Å². The Bertz CT molecular complexity index is 1070. The minimum absolute atomic E-state index is 0.144. The Morgan fingerprint density at radius 2 is 1.73 bits per heavy atom. The van der Waals surface area contributed by atoms with Gasteiger partial charge in [0.25, 0.3) is 5.69 Å². The summed E-state index contributed by atoms with van der Waals surface area (Å²) in [5.41, 5.74) is 0.221. The van der Waals surface area contributed by atoms with E-state index in [4.69, 9.17) is 4.42 Å². The topological polar surface area (TPSA) is 117 Å². The molecule has 0 atom stereocenters. The highest BCUT2D eigenvalue weighted by Gasteiger charge is 2.23. The lowest BCUT2D eigenvalue weighted by Crippen LogP contribution is -2.12. The normalized spacial score (nSPS) is 11.1. The molecule has 2 aromatic carbocycles. The van der Waals surface area contributed by atoms with Gasteiger partial charge in [0.15, 0.2) is 0 Å². The van der Waals surface area contributed by atoms with E-state index < -0.39 is 21.0 Å². The van der Waals surface area contributed by atoms with Crippen LogP contribution in [0.2, 0.25) is 0 Å². The second kappa shape index (κ2) is 6.81. The maximum Gasteiger partial charge on any atom is 0.389 e. The van der Waals surface area contributed by atoms with E-state index in [1.807, 2.05) is 0 Å². The van der Waals surface area contributed by atoms with E-state index in [0.29, 0.717) is 5.56 Å². The second-order valence-electron chi connectivity index (χ2n) is 5.11. The summed E-state index contributed by atoms with van der Waals surface area (Å²) in [6.07, 6.45) is 0. The van der Waals surface area contributed by atoms with Crippen molar-refractivity contribution in [2.75, 3.05) is 0 Å². The minimum Gasteiger partial charge on any atom is -0.449 e. The molecule has 0 saturated carbocycles. The predicted molar refractivity (Wildman–Crippen MR) is 89.8 cm³/mol. The van der Waals surface area contributed by atoms with E-state index in [0.717, 1.165) is 0 Å². The van der Waals surface area contributed by atoms with Crippen LogP contribution in [0.15, 0.2) is 76.0 Å². The number of nitrogens with zero attached hydrogens (tertiary/aromatic N) is 1. The first-order chi connectivity index (χ1) is 12.4. The Balaban J connectivity index is 1.83. The van der Waals surface area contributed by atoms with Gasteiger partial charge in [-0.15, -0.1) is 0 Å². The Hall–Kier alpha value is -3.46. The average Bonchev–Trinajstić information content (AvgIpc) is 3.12. The van der Waals surface area contributed by atoms with Gasteiger partial charge in [-0.25, -0.2) is 4.79 Å². The van der Waals surface area contributed by atoms with Gasteiger partial charge in [0.05, 0.1) is 4.92 Å². The molecule has 132 valence electrons. The fourth-order valence-corrected chi connectivity index (χ4v) is 3.02. The number of furan rings is 1. The summed E-state index contributed by atoms with van der Waals surface area (Å²) in [6.45, 7) is 0. The first-order valence-electron chi connectivity index (χ1n) is 7.25. The molecule has 0 N–H and O–H groups in total. The van der Waals surface area contributed by atoms with E-state index in [1.54, 1.807) is 12.1 Å². The number of carbonyl (C=O) groups excluding carboxylic acids is 1. The predicted octanol–water partition coefficient (Wildman–Crippen LogP) is 3.40. The van der Waals surface area contributed by atoms with Gasteiger partial charge in [-0.05, 0) is 24.3 Å². The van der Waals surface area contributed by atoms with Crippen molar-refractivity contribution in [2.24, 2.45) is 0 Å². The maximum absolute atomic E-state index is 12.1. The summed E-state index contributed by atoms with van der Waals surface area (Å²) < 4.78 is 33.9. The van der Waals surface area contributed by atoms with Crippen LogP contribution in [-0.2, 0) is 14.3 Å². The number of carbonyl (C=O) groups is 1. The average molecular weight is 373 g/mol. The van der Waals surface area contributed by atoms with E-state index in [9.17, 15) is 23.3 Å². The summed E-state index contributed by atoms with van der Waals surface area (Å²) in [5.74, 6) is -1.37. The van der Waals surface area contributed by atoms with Gasteiger partial charge in [-0.3, -0.25) is 10.1 Å². The molecule has 0 fully saturated rings. The number of benzene rings is 2. The zero-order valence-electron chi connectivity index (χ0n) is 13.1. The van der Waals surface area contributed by atoms with Crippen molar-refractivity contribution < 1.29 is 26.7 Å². The van der Waals surface area contributed by atoms with Crippen molar-refractivity contribution in [2.45, 2.75) is 4.90 Å². The van der Waals surface area contributed by atoms with Crippen LogP contribution >= 0.6 is 0 Å². The molecule has 1 aromatic heterocycles. The smallest absolute Gasteiger partial charge is 0.389 e. The molecule has 0 aliphatic heterocycles. The van der Waals surface area contributed by atoms with Crippen LogP contribution in [0.1, 0.15) is 10.6 Å². The molecular formula is C17H11NO7S. The van der Waals surface area contributed by atoms with Crippen molar-refractivity contribution >= 4 is 21.8 Å². The highest BCUT2D eigenvalue weighted by atomic mass is 32.2. The van der Waals surface area contributed by atoms with Crippen molar-refractivity contribution in [3.63, 3.8) is 0 Å². The molecule has 0 aliphatic rings. The maximum atomic E-state index is 12.1. The van der Waals surface area contributed by atoms with E-state index >= 15 is 0 Å². The van der Waals surface area contributed by atoms with E-state index in [-0.39, 0.29) is 22.1 Å². The zero-order valence-corrected chi connectivity index (χ0v) is 13.9. The fourth-order valence-electron chi connectivity index (χ4n) is 2.15. The third-order valence-corrected chi connectivity index (χ3v) is 4.59. The van der Waals surface area contributed by atoms with Gasteiger partial charge in [0, 0.05) is 17.7 Å². The van der Waals surface area contributed by atoms with Gasteiger partial charge >= 0.3 is 16.1 Å². The van der Waals surface area contributed by atoms with Crippen LogP contribution in [0, 0.1) is 10.1 Å². The molecule has 0 aliphatic carbocycles. The summed E-state index contributed by atoms with van der Waals surface area (Å²) >= 11 is 0. The summed E-state index contributed by atoms with van der Waals surface area (Å²) in [5, 5.41) is 10.8. The number of non-ortho nitro benzene ring substituents is 1. The molecule has 0 unspecified atom stereocenters. The number of rotatable bonds is 5. The Morgan fingerprint density at radius 3 is 2.42 bits per heavy atom. The number of nitro benzene ring substituents is 1. The molecular weight excluding hydrogens is 362 g/mol. The van der Waals surface area contributed by atoms with Gasteiger partial charge in [-0.2, -0.15) is 8.42 Å². The lowest BCUT2D eigenvalue weighted by atomic mass is 10.1. The highest BCUT2D eigenvalue weighted by molar-refractivity contribution is 7.87. The standard InChI is InChI=1S/C17H11NO7S/c19-17(25-26(22,23)14-7-2-1-3-8-14)16-10-9-15(24-16)12-5-4-6-13(11-12)18(20)21/h1-11H. The number of hydrogen-bond acceptors (Lipinski definition) is 7. The molecule has 0 amide bonds. The summed E-state index contributed by atoms with van der Waals surface area (Å²) in [6, 6.07) is 15.4. The second-order valence-corrected chi connectivity index (χ2v) is 6.66. The van der Waals surface area contributed by atoms with Crippen LogP contribution in [0.5, 0.6) is 0 Å². The number of hydrogen-bond donors (Lipinski definition) is 0. The molecule has 3 aromatic rings. The molecule has 0 saturated heterocycles. The number of nitro groups is 1. The quantitative estimate of drug-likeness (QED) is 0.382. The Morgan fingerprint density at radius 1 is 1.00 bits per heavy atom. The molecule has 0 spiro atoms. The SMILES string of the molecule is O=C(OS(=O)(=O)c1ccccc1)c1ccc(-c2cccc([N+](=O)[O-])c2)o1. The molecule has 26 heavy (non-hydrogen) atoms. The van der Waals surface area contributed by atoms with Gasteiger partial charge < -0.3 is 8.60 Å². The van der Waals surface area contributed by atoms with Crippen LogP contribution < -0.4 is 0 Å². The molecule has 0 bridgehead atoms. The third-order valence-electron chi connectivity index (χ3n) is 3.37. The van der Waals surface area contributed by atoms with E-state index in [1.165, 1.54) is 54.6 Å². The molecule has 0 radical (unpaired) electrons. The van der Waals surface area contributed by atoms with Crippen LogP contribution in [0.3, 0.4) is 0 Å². The first-order valence-corrected chi connectivity index (χ1v) is 8.66. The van der Waals surface area contributed by atoms with Crippen molar-refractivity contribution in [1.82, 2.24) is 0 Å². The van der Waals surface area contributed by atoms with Crippen LogP contribution in [-0.4, -0.2) is 19.3 Å². The Labute approximate surface area is 147 Å². The Kier molecular flexibility index (Phi) is 4.55. The highest BCUT2D eigenvalue weighted by Crippen LogP contribution is 2.26. The lowest BCUT2D eigenvalue weighted by Gasteiger charge is -2.03. The van der Waals surface area contributed by atoms with Crippen LogP contribution in [0.25, 0.3) is 11.3 Å². The van der Waals surface area contributed by atoms with Crippen molar-refractivity contribution in [3.8, 4) is 11.3 Å². The first kappa shape index (κ1) is 17.4. The molecule has 3 rings (SSSR count). The van der Waals surface area contributed by atoms with Gasteiger partial charge in [0.2, 0.25) is 5.76 Å². The minimum atomic E-state index is -4.28. The lowest BCUT2D eigenvalue weighted by molar-refractivity contribution is -0.384. The van der Waals surface area contributed by atoms with Crippen LogP contribution in [0.4, 0.5) is 5.69 Å². The molecule has 8 nitrogen and oxygen atoms in total. The van der Waals surface area contributed by atoms with Gasteiger partial charge in [-0.1, -0.05) is 30.3 Å². The zero-order chi connectivity index (χ0) is 18.7.